The Kier molecular flexibility index (Phi) is 2.31. The van der Waals surface area contributed by atoms with Gasteiger partial charge in [0, 0.05) is 11.2 Å². The Hall–Kier alpha value is -1.17. The summed E-state index contributed by atoms with van der Waals surface area (Å²) in [5.41, 5.74) is 1.20. The number of H-pyrrole nitrogens is 1. The van der Waals surface area contributed by atoms with Crippen LogP contribution in [0.5, 0.6) is 0 Å². The second-order valence-corrected chi connectivity index (χ2v) is 5.36. The van der Waals surface area contributed by atoms with Crippen LogP contribution < -0.4 is 5.69 Å². The lowest BCUT2D eigenvalue weighted by atomic mass is 10.2. The van der Waals surface area contributed by atoms with Gasteiger partial charge in [-0.1, -0.05) is 15.9 Å². The monoisotopic (exact) mass is 282 g/mol. The second kappa shape index (κ2) is 3.69. The van der Waals surface area contributed by atoms with E-state index in [2.05, 4.69) is 31.2 Å². The molecule has 0 radical (unpaired) electrons. The highest BCUT2D eigenvalue weighted by atomic mass is 79.9. The summed E-state index contributed by atoms with van der Waals surface area (Å²) < 4.78 is 1.31. The Bertz CT molecular complexity index is 571. The van der Waals surface area contributed by atoms with Crippen LogP contribution in [0.25, 0.3) is 5.65 Å². The van der Waals surface area contributed by atoms with Crippen molar-refractivity contribution in [2.24, 2.45) is 5.92 Å². The largest absolute Gasteiger partial charge is 0.364 e. The molecule has 1 unspecified atom stereocenters. The average molecular weight is 283 g/mol. The molecular formula is C10H11BrN4O. The summed E-state index contributed by atoms with van der Waals surface area (Å²) in [5.74, 6) is 0.776. The minimum Gasteiger partial charge on any atom is -0.244 e. The van der Waals surface area contributed by atoms with Crippen LogP contribution >= 0.6 is 15.9 Å². The summed E-state index contributed by atoms with van der Waals surface area (Å²) in [6.07, 6.45) is 3.45. The number of hydrogen-bond acceptors (Lipinski definition) is 3. The van der Waals surface area contributed by atoms with E-state index in [0.717, 1.165) is 18.0 Å². The molecule has 1 saturated carbocycles. The SMILES string of the molecule is O=c1[nH]nc2ccc(CC(Br)C3CC3)nn12. The Balaban J connectivity index is 1.91. The van der Waals surface area contributed by atoms with E-state index in [1.165, 1.54) is 17.4 Å². The summed E-state index contributed by atoms with van der Waals surface area (Å²) in [4.78, 5) is 11.8. The first kappa shape index (κ1) is 10.0. The molecule has 1 aliphatic carbocycles. The molecule has 2 heterocycles. The normalized spacial score (nSPS) is 17.8. The van der Waals surface area contributed by atoms with Crippen molar-refractivity contribution in [3.05, 3.63) is 28.3 Å². The lowest BCUT2D eigenvalue weighted by Crippen LogP contribution is -2.15. The van der Waals surface area contributed by atoms with Crippen molar-refractivity contribution in [1.29, 1.82) is 0 Å². The molecule has 16 heavy (non-hydrogen) atoms. The van der Waals surface area contributed by atoms with Crippen molar-refractivity contribution >= 4 is 21.6 Å². The predicted octanol–water partition coefficient (Wildman–Crippen LogP) is 1.13. The van der Waals surface area contributed by atoms with Gasteiger partial charge in [0.15, 0.2) is 5.65 Å². The summed E-state index contributed by atoms with van der Waals surface area (Å²) >= 11 is 3.66. The van der Waals surface area contributed by atoms with Gasteiger partial charge in [0.05, 0.1) is 5.69 Å². The topological polar surface area (TPSA) is 63.0 Å². The van der Waals surface area contributed by atoms with Crippen molar-refractivity contribution in [2.75, 3.05) is 0 Å². The molecule has 0 aliphatic heterocycles. The lowest BCUT2D eigenvalue weighted by Gasteiger charge is -2.06. The van der Waals surface area contributed by atoms with Crippen LogP contribution in [0.2, 0.25) is 0 Å². The molecule has 2 aromatic heterocycles. The van der Waals surface area contributed by atoms with Crippen LogP contribution in [0.3, 0.4) is 0 Å². The van der Waals surface area contributed by atoms with Gasteiger partial charge in [0.25, 0.3) is 0 Å². The smallest absolute Gasteiger partial charge is 0.244 e. The van der Waals surface area contributed by atoms with Gasteiger partial charge >= 0.3 is 5.69 Å². The highest BCUT2D eigenvalue weighted by Crippen LogP contribution is 2.37. The van der Waals surface area contributed by atoms with E-state index in [4.69, 9.17) is 0 Å². The zero-order valence-electron chi connectivity index (χ0n) is 8.56. The van der Waals surface area contributed by atoms with E-state index in [1.807, 2.05) is 12.1 Å². The third-order valence-electron chi connectivity index (χ3n) is 2.87. The highest BCUT2D eigenvalue weighted by Gasteiger charge is 2.29. The van der Waals surface area contributed by atoms with Crippen LogP contribution in [0.1, 0.15) is 18.5 Å². The summed E-state index contributed by atoms with van der Waals surface area (Å²) in [6.45, 7) is 0. The van der Waals surface area contributed by atoms with Gasteiger partial charge in [0.1, 0.15) is 0 Å². The maximum atomic E-state index is 11.3. The third kappa shape index (κ3) is 1.77. The standard InChI is InChI=1S/C10H11BrN4O/c11-8(6-1-2-6)5-7-3-4-9-12-13-10(16)15(9)14-7/h3-4,6,8H,1-2,5H2,(H,13,16). The van der Waals surface area contributed by atoms with Gasteiger partial charge in [-0.05, 0) is 30.9 Å². The zero-order valence-corrected chi connectivity index (χ0v) is 10.1. The molecule has 3 rings (SSSR count). The molecule has 0 saturated heterocycles. The molecule has 1 aliphatic rings. The molecule has 1 fully saturated rings. The van der Waals surface area contributed by atoms with Gasteiger partial charge in [0.2, 0.25) is 0 Å². The third-order valence-corrected chi connectivity index (χ3v) is 3.94. The number of nitrogens with one attached hydrogen (secondary N) is 1. The highest BCUT2D eigenvalue weighted by molar-refractivity contribution is 9.09. The molecule has 2 aromatic rings. The van der Waals surface area contributed by atoms with Crippen LogP contribution in [0.15, 0.2) is 16.9 Å². The number of halogens is 1. The van der Waals surface area contributed by atoms with Gasteiger partial charge < -0.3 is 0 Å². The number of aromatic amines is 1. The van der Waals surface area contributed by atoms with Crippen LogP contribution in [-0.2, 0) is 6.42 Å². The molecule has 1 N–H and O–H groups in total. The molecule has 0 spiro atoms. The predicted molar refractivity (Wildman–Crippen MR) is 62.8 cm³/mol. The van der Waals surface area contributed by atoms with Crippen molar-refractivity contribution in [1.82, 2.24) is 19.8 Å². The van der Waals surface area contributed by atoms with Crippen LogP contribution in [-0.4, -0.2) is 24.6 Å². The summed E-state index contributed by atoms with van der Waals surface area (Å²) in [7, 11) is 0. The number of hydrogen-bond donors (Lipinski definition) is 1. The van der Waals surface area contributed by atoms with E-state index < -0.39 is 0 Å². The number of alkyl halides is 1. The first-order valence-electron chi connectivity index (χ1n) is 5.31. The van der Waals surface area contributed by atoms with Gasteiger partial charge in [-0.3, -0.25) is 0 Å². The Labute approximate surface area is 100.0 Å². The molecular weight excluding hydrogens is 272 g/mol. The second-order valence-electron chi connectivity index (χ2n) is 4.18. The van der Waals surface area contributed by atoms with E-state index in [1.54, 1.807) is 0 Å². The fraction of sp³-hybridized carbons (Fsp3) is 0.500. The first-order chi connectivity index (χ1) is 7.74. The maximum absolute atomic E-state index is 11.3. The molecule has 1 atom stereocenters. The molecule has 84 valence electrons. The Morgan fingerprint density at radius 2 is 2.38 bits per heavy atom. The number of rotatable bonds is 3. The van der Waals surface area contributed by atoms with Gasteiger partial charge in [-0.2, -0.15) is 14.7 Å². The van der Waals surface area contributed by atoms with E-state index in [-0.39, 0.29) is 5.69 Å². The van der Waals surface area contributed by atoms with Crippen molar-refractivity contribution in [3.8, 4) is 0 Å². The van der Waals surface area contributed by atoms with E-state index >= 15 is 0 Å². The molecule has 0 bridgehead atoms. The van der Waals surface area contributed by atoms with E-state index in [0.29, 0.717) is 10.5 Å². The van der Waals surface area contributed by atoms with Crippen molar-refractivity contribution in [2.45, 2.75) is 24.1 Å². The summed E-state index contributed by atoms with van der Waals surface area (Å²) in [6, 6.07) is 3.74. The Morgan fingerprint density at radius 3 is 3.12 bits per heavy atom. The van der Waals surface area contributed by atoms with Gasteiger partial charge in [-0.25, -0.2) is 9.89 Å². The number of fused-ring (bicyclic) bond motifs is 1. The van der Waals surface area contributed by atoms with E-state index in [9.17, 15) is 4.79 Å². The molecule has 6 heteroatoms. The number of aromatic nitrogens is 4. The van der Waals surface area contributed by atoms with Crippen molar-refractivity contribution < 1.29 is 0 Å². The van der Waals surface area contributed by atoms with Crippen molar-refractivity contribution in [3.63, 3.8) is 0 Å². The molecule has 0 aromatic carbocycles. The first-order valence-corrected chi connectivity index (χ1v) is 6.23. The van der Waals surface area contributed by atoms with Crippen LogP contribution in [0, 0.1) is 5.92 Å². The molecule has 5 nitrogen and oxygen atoms in total. The lowest BCUT2D eigenvalue weighted by molar-refractivity contribution is 0.721. The summed E-state index contributed by atoms with van der Waals surface area (Å²) in [5, 5.41) is 10.5. The fourth-order valence-corrected chi connectivity index (χ4v) is 2.63. The number of nitrogens with zero attached hydrogens (tertiary/aromatic N) is 3. The average Bonchev–Trinajstić information content (AvgIpc) is 3.06. The minimum absolute atomic E-state index is 0.283. The maximum Gasteiger partial charge on any atom is 0.364 e. The quantitative estimate of drug-likeness (QED) is 0.859. The minimum atomic E-state index is -0.283. The Morgan fingerprint density at radius 1 is 1.56 bits per heavy atom. The fourth-order valence-electron chi connectivity index (χ4n) is 1.77. The van der Waals surface area contributed by atoms with Gasteiger partial charge in [-0.15, -0.1) is 0 Å². The molecule has 0 amide bonds. The zero-order chi connectivity index (χ0) is 11.1. The van der Waals surface area contributed by atoms with Crippen LogP contribution in [0.4, 0.5) is 0 Å².